The highest BCUT2D eigenvalue weighted by Crippen LogP contribution is 2.30. The second kappa shape index (κ2) is 5.27. The van der Waals surface area contributed by atoms with Crippen LogP contribution < -0.4 is 10.5 Å². The number of hydrogen-bond acceptors (Lipinski definition) is 3. The van der Waals surface area contributed by atoms with Crippen molar-refractivity contribution in [3.63, 3.8) is 0 Å². The Hall–Kier alpha value is -1.75. The van der Waals surface area contributed by atoms with Gasteiger partial charge in [-0.3, -0.25) is 5.21 Å². The van der Waals surface area contributed by atoms with E-state index in [1.807, 2.05) is 12.1 Å². The number of ether oxygens (including phenoxy) is 1. The van der Waals surface area contributed by atoms with Gasteiger partial charge in [-0.25, -0.2) is 9.86 Å². The number of primary amides is 1. The van der Waals surface area contributed by atoms with Crippen molar-refractivity contribution in [2.45, 2.75) is 32.3 Å². The van der Waals surface area contributed by atoms with Crippen molar-refractivity contribution in [2.75, 3.05) is 6.54 Å². The number of rotatable bonds is 4. The molecule has 0 spiro atoms. The summed E-state index contributed by atoms with van der Waals surface area (Å²) in [5.74, 6) is 0.946. The summed E-state index contributed by atoms with van der Waals surface area (Å²) in [6, 6.07) is 5.14. The molecular weight excluding hydrogens is 232 g/mol. The number of carbonyl (C=O) groups is 1. The van der Waals surface area contributed by atoms with Gasteiger partial charge in [-0.05, 0) is 30.0 Å². The summed E-state index contributed by atoms with van der Waals surface area (Å²) in [5.41, 5.74) is 7.20. The molecule has 1 aliphatic heterocycles. The van der Waals surface area contributed by atoms with Crippen LogP contribution in [-0.4, -0.2) is 29.0 Å². The fourth-order valence-electron chi connectivity index (χ4n) is 2.10. The van der Waals surface area contributed by atoms with Gasteiger partial charge in [0.2, 0.25) is 0 Å². The molecule has 0 radical (unpaired) electrons. The number of urea groups is 1. The largest absolute Gasteiger partial charge is 0.490 e. The second-order valence-corrected chi connectivity index (χ2v) is 4.51. The zero-order chi connectivity index (χ0) is 13.1. The molecule has 1 aliphatic rings. The van der Waals surface area contributed by atoms with Crippen LogP contribution in [0.2, 0.25) is 0 Å². The van der Waals surface area contributed by atoms with Crippen LogP contribution in [0.5, 0.6) is 5.75 Å². The first kappa shape index (κ1) is 12.7. The predicted molar refractivity (Wildman–Crippen MR) is 66.6 cm³/mol. The SMILES string of the molecule is CCC1Cc2cc(CCN(O)C(N)=O)ccc2O1. The first-order chi connectivity index (χ1) is 8.60. The highest BCUT2D eigenvalue weighted by molar-refractivity contribution is 5.70. The van der Waals surface area contributed by atoms with Gasteiger partial charge in [0.15, 0.2) is 0 Å². The number of carbonyl (C=O) groups excluding carboxylic acids is 1. The molecule has 2 rings (SSSR count). The maximum Gasteiger partial charge on any atom is 0.338 e. The molecule has 1 atom stereocenters. The minimum atomic E-state index is -0.828. The molecule has 1 unspecified atom stereocenters. The van der Waals surface area contributed by atoms with Crippen LogP contribution in [0.3, 0.4) is 0 Å². The molecule has 5 heteroatoms. The molecule has 1 aromatic carbocycles. The Bertz CT molecular complexity index is 448. The number of fused-ring (bicyclic) bond motifs is 1. The molecule has 0 aliphatic carbocycles. The van der Waals surface area contributed by atoms with Gasteiger partial charge in [-0.2, -0.15) is 0 Å². The van der Waals surface area contributed by atoms with E-state index in [0.29, 0.717) is 11.5 Å². The average molecular weight is 250 g/mol. The minimum absolute atomic E-state index is 0.201. The molecule has 1 aromatic rings. The molecule has 1 heterocycles. The first-order valence-corrected chi connectivity index (χ1v) is 6.14. The van der Waals surface area contributed by atoms with Crippen molar-refractivity contribution in [3.8, 4) is 5.75 Å². The molecule has 0 saturated carbocycles. The third kappa shape index (κ3) is 2.73. The summed E-state index contributed by atoms with van der Waals surface area (Å²) in [6.07, 6.45) is 2.77. The molecule has 0 fully saturated rings. The zero-order valence-electron chi connectivity index (χ0n) is 10.4. The van der Waals surface area contributed by atoms with E-state index < -0.39 is 6.03 Å². The summed E-state index contributed by atoms with van der Waals surface area (Å²) in [7, 11) is 0. The molecule has 2 amide bonds. The Morgan fingerprint density at radius 1 is 1.61 bits per heavy atom. The quantitative estimate of drug-likeness (QED) is 0.631. The molecule has 0 bridgehead atoms. The molecule has 3 N–H and O–H groups in total. The van der Waals surface area contributed by atoms with Crippen molar-refractivity contribution < 1.29 is 14.7 Å². The lowest BCUT2D eigenvalue weighted by molar-refractivity contribution is -0.0382. The van der Waals surface area contributed by atoms with E-state index in [1.54, 1.807) is 0 Å². The third-order valence-corrected chi connectivity index (χ3v) is 3.19. The summed E-state index contributed by atoms with van der Waals surface area (Å²) in [6.45, 7) is 2.31. The molecule has 0 saturated heterocycles. The zero-order valence-corrected chi connectivity index (χ0v) is 10.4. The predicted octanol–water partition coefficient (Wildman–Crippen LogP) is 1.71. The monoisotopic (exact) mass is 250 g/mol. The van der Waals surface area contributed by atoms with Crippen molar-refractivity contribution >= 4 is 6.03 Å². The maximum absolute atomic E-state index is 10.7. The van der Waals surface area contributed by atoms with Gasteiger partial charge >= 0.3 is 6.03 Å². The van der Waals surface area contributed by atoms with Gasteiger partial charge < -0.3 is 10.5 Å². The van der Waals surface area contributed by atoms with Crippen molar-refractivity contribution in [3.05, 3.63) is 29.3 Å². The lowest BCUT2D eigenvalue weighted by Crippen LogP contribution is -2.34. The fourth-order valence-corrected chi connectivity index (χ4v) is 2.10. The van der Waals surface area contributed by atoms with Crippen molar-refractivity contribution in [2.24, 2.45) is 5.73 Å². The van der Waals surface area contributed by atoms with Gasteiger partial charge in [-0.1, -0.05) is 19.1 Å². The summed E-state index contributed by atoms with van der Waals surface area (Å²) < 4.78 is 5.74. The lowest BCUT2D eigenvalue weighted by atomic mass is 10.0. The normalized spacial score (nSPS) is 17.1. The van der Waals surface area contributed by atoms with Crippen LogP contribution in [-0.2, 0) is 12.8 Å². The average Bonchev–Trinajstić information content (AvgIpc) is 2.77. The van der Waals surface area contributed by atoms with Crippen LogP contribution >= 0.6 is 0 Å². The van der Waals surface area contributed by atoms with E-state index in [2.05, 4.69) is 13.0 Å². The molecule has 98 valence electrons. The second-order valence-electron chi connectivity index (χ2n) is 4.51. The molecule has 18 heavy (non-hydrogen) atoms. The van der Waals surface area contributed by atoms with Gasteiger partial charge in [0, 0.05) is 6.42 Å². The number of nitrogens with two attached hydrogens (primary N) is 1. The number of hydrogen-bond donors (Lipinski definition) is 2. The Kier molecular flexibility index (Phi) is 3.72. The Labute approximate surface area is 106 Å². The minimum Gasteiger partial charge on any atom is -0.490 e. The maximum atomic E-state index is 10.7. The molecule has 0 aromatic heterocycles. The highest BCUT2D eigenvalue weighted by Gasteiger charge is 2.21. The van der Waals surface area contributed by atoms with Gasteiger partial charge in [0.05, 0.1) is 6.54 Å². The van der Waals surface area contributed by atoms with Crippen LogP contribution in [0, 0.1) is 0 Å². The fraction of sp³-hybridized carbons (Fsp3) is 0.462. The number of amides is 2. The van der Waals surface area contributed by atoms with Gasteiger partial charge in [0.25, 0.3) is 0 Å². The van der Waals surface area contributed by atoms with Crippen LogP contribution in [0.25, 0.3) is 0 Å². The number of hydroxylamine groups is 2. The van der Waals surface area contributed by atoms with Gasteiger partial charge in [-0.15, -0.1) is 0 Å². The van der Waals surface area contributed by atoms with Crippen molar-refractivity contribution in [1.29, 1.82) is 0 Å². The molecular formula is C13H18N2O3. The van der Waals surface area contributed by atoms with E-state index in [9.17, 15) is 10.0 Å². The lowest BCUT2D eigenvalue weighted by Gasteiger charge is -2.11. The molecule has 5 nitrogen and oxygen atoms in total. The summed E-state index contributed by atoms with van der Waals surface area (Å²) in [5, 5.41) is 9.72. The van der Waals surface area contributed by atoms with Crippen LogP contribution in [0.15, 0.2) is 18.2 Å². The number of nitrogens with zero attached hydrogens (tertiary/aromatic N) is 1. The van der Waals surface area contributed by atoms with Crippen LogP contribution in [0.4, 0.5) is 4.79 Å². The van der Waals surface area contributed by atoms with E-state index >= 15 is 0 Å². The Balaban J connectivity index is 1.98. The summed E-state index contributed by atoms with van der Waals surface area (Å²) >= 11 is 0. The third-order valence-electron chi connectivity index (χ3n) is 3.19. The van der Waals surface area contributed by atoms with E-state index in [-0.39, 0.29) is 12.6 Å². The Morgan fingerprint density at radius 2 is 2.39 bits per heavy atom. The van der Waals surface area contributed by atoms with Crippen LogP contribution in [0.1, 0.15) is 24.5 Å². The first-order valence-electron chi connectivity index (χ1n) is 6.14. The topological polar surface area (TPSA) is 75.8 Å². The van der Waals surface area contributed by atoms with E-state index in [4.69, 9.17) is 10.5 Å². The number of benzene rings is 1. The highest BCUT2D eigenvalue weighted by atomic mass is 16.5. The van der Waals surface area contributed by atoms with E-state index in [1.165, 1.54) is 5.56 Å². The van der Waals surface area contributed by atoms with Crippen molar-refractivity contribution in [1.82, 2.24) is 5.06 Å². The smallest absolute Gasteiger partial charge is 0.338 e. The summed E-state index contributed by atoms with van der Waals surface area (Å²) in [4.78, 5) is 10.7. The standard InChI is InChI=1S/C13H18N2O3/c1-2-11-8-10-7-9(3-4-12(10)18-11)5-6-15(17)13(14)16/h3-4,7,11,17H,2,5-6,8H2,1H3,(H2,14,16). The van der Waals surface area contributed by atoms with Gasteiger partial charge in [0.1, 0.15) is 11.9 Å². The Morgan fingerprint density at radius 3 is 3.06 bits per heavy atom. The van der Waals surface area contributed by atoms with E-state index in [0.717, 1.165) is 24.2 Å².